The van der Waals surface area contributed by atoms with Gasteiger partial charge in [-0.15, -0.1) is 0 Å². The van der Waals surface area contributed by atoms with Crippen LogP contribution in [0, 0.1) is 12.8 Å². The van der Waals surface area contributed by atoms with Crippen molar-refractivity contribution in [3.8, 4) is 0 Å². The smallest absolute Gasteiger partial charge is 0.129 e. The van der Waals surface area contributed by atoms with Gasteiger partial charge in [0.05, 0.1) is 29.3 Å². The molecule has 1 aliphatic carbocycles. The Kier molecular flexibility index (Phi) is 7.72. The van der Waals surface area contributed by atoms with E-state index in [4.69, 9.17) is 16.6 Å². The summed E-state index contributed by atoms with van der Waals surface area (Å²) < 4.78 is 0. The van der Waals surface area contributed by atoms with Crippen LogP contribution in [0.1, 0.15) is 75.5 Å². The lowest BCUT2D eigenvalue weighted by Gasteiger charge is -2.23. The van der Waals surface area contributed by atoms with E-state index in [1.165, 1.54) is 37.7 Å². The van der Waals surface area contributed by atoms with Gasteiger partial charge < -0.3 is 16.1 Å². The first-order chi connectivity index (χ1) is 15.1. The molecule has 174 valence electrons. The zero-order chi connectivity index (χ0) is 23.3. The highest BCUT2D eigenvalue weighted by atomic mass is 15.4. The molecule has 0 saturated heterocycles. The molecule has 0 aromatic carbocycles. The van der Waals surface area contributed by atoms with E-state index < -0.39 is 0 Å². The summed E-state index contributed by atoms with van der Waals surface area (Å²) in [5.74, 6) is 7.65. The van der Waals surface area contributed by atoms with Gasteiger partial charge in [0.15, 0.2) is 0 Å². The lowest BCUT2D eigenvalue weighted by atomic mass is 9.84. The average Bonchev–Trinajstić information content (AvgIpc) is 2.75. The van der Waals surface area contributed by atoms with E-state index in [9.17, 15) is 0 Å². The highest BCUT2D eigenvalue weighted by Gasteiger charge is 2.18. The van der Waals surface area contributed by atoms with Crippen molar-refractivity contribution in [2.24, 2.45) is 17.5 Å². The second kappa shape index (κ2) is 10.3. The summed E-state index contributed by atoms with van der Waals surface area (Å²) >= 11 is 0. The van der Waals surface area contributed by atoms with Gasteiger partial charge in [0, 0.05) is 24.2 Å². The van der Waals surface area contributed by atoms with Crippen LogP contribution in [-0.2, 0) is 11.8 Å². The fourth-order valence-corrected chi connectivity index (χ4v) is 4.25. The fraction of sp³-hybridized carbons (Fsp3) is 0.560. The number of hydrogen-bond acceptors (Lipinski definition) is 7. The van der Waals surface area contributed by atoms with Gasteiger partial charge in [0.2, 0.25) is 0 Å². The molecular weight excluding hydrogens is 398 g/mol. The van der Waals surface area contributed by atoms with Gasteiger partial charge in [-0.3, -0.25) is 4.98 Å². The van der Waals surface area contributed by atoms with Crippen LogP contribution in [0.25, 0.3) is 5.70 Å². The molecule has 0 atom stereocenters. The number of aromatic nitrogens is 3. The maximum atomic E-state index is 6.53. The normalized spacial score (nSPS) is 15.9. The molecule has 1 fully saturated rings. The number of anilines is 1. The Morgan fingerprint density at radius 2 is 1.88 bits per heavy atom. The Morgan fingerprint density at radius 1 is 1.16 bits per heavy atom. The maximum Gasteiger partial charge on any atom is 0.129 e. The van der Waals surface area contributed by atoms with Crippen molar-refractivity contribution in [1.82, 2.24) is 20.0 Å². The van der Waals surface area contributed by atoms with Crippen LogP contribution in [-0.4, -0.2) is 33.6 Å². The van der Waals surface area contributed by atoms with Crippen LogP contribution >= 0.6 is 0 Å². The topological polar surface area (TPSA) is 106 Å². The minimum atomic E-state index is -0.0530. The van der Waals surface area contributed by atoms with Crippen molar-refractivity contribution < 1.29 is 0 Å². The first kappa shape index (κ1) is 24.0. The summed E-state index contributed by atoms with van der Waals surface area (Å²) in [6.07, 6.45) is 9.44. The lowest BCUT2D eigenvalue weighted by molar-refractivity contribution is 0.356. The summed E-state index contributed by atoms with van der Waals surface area (Å²) in [6, 6.07) is 6.17. The van der Waals surface area contributed by atoms with Crippen LogP contribution in [0.5, 0.6) is 0 Å². The van der Waals surface area contributed by atoms with Crippen LogP contribution in [0.15, 0.2) is 30.2 Å². The third-order valence-electron chi connectivity index (χ3n) is 6.31. The van der Waals surface area contributed by atoms with Gasteiger partial charge in [-0.2, -0.15) is 0 Å². The van der Waals surface area contributed by atoms with E-state index >= 15 is 0 Å². The summed E-state index contributed by atoms with van der Waals surface area (Å²) in [6.45, 7) is 8.89. The number of nitrogens with two attached hydrogens (primary N) is 2. The van der Waals surface area contributed by atoms with Gasteiger partial charge in [0.25, 0.3) is 0 Å². The van der Waals surface area contributed by atoms with Crippen molar-refractivity contribution in [1.29, 1.82) is 0 Å². The van der Waals surface area contributed by atoms with E-state index in [0.29, 0.717) is 12.2 Å². The first-order valence-corrected chi connectivity index (χ1v) is 11.7. The molecule has 1 saturated carbocycles. The molecule has 32 heavy (non-hydrogen) atoms. The zero-order valence-electron chi connectivity index (χ0n) is 20.3. The number of hydrazine groups is 1. The molecule has 0 bridgehead atoms. The summed E-state index contributed by atoms with van der Waals surface area (Å²) in [5.41, 5.74) is 11.9. The number of pyridine rings is 1. The SMILES string of the molecule is Cc1nc(/C(N)=C(\CNc2cc(C(C)(C)C)ncn2)N(C)N)ccc1CC1CCCCC1. The van der Waals surface area contributed by atoms with Crippen molar-refractivity contribution in [2.45, 2.75) is 71.6 Å². The summed E-state index contributed by atoms with van der Waals surface area (Å²) in [5, 5.41) is 4.87. The molecule has 0 unspecified atom stereocenters. The standard InChI is InChI=1S/C25H39N7/c1-17-19(13-18-9-7-6-8-10-18)11-12-20(31-17)24(26)21(32(5)27)15-28-23-14-22(25(2,3)4)29-16-30-23/h11-12,14,16,18H,6-10,13,15,26-27H2,1-5H3,(H,28,29,30)/b24-21-. The van der Waals surface area contributed by atoms with Gasteiger partial charge in [-0.05, 0) is 30.9 Å². The molecular formula is C25H39N7. The highest BCUT2D eigenvalue weighted by molar-refractivity contribution is 5.64. The maximum absolute atomic E-state index is 6.53. The molecule has 2 heterocycles. The van der Waals surface area contributed by atoms with Crippen LogP contribution < -0.4 is 16.9 Å². The van der Waals surface area contributed by atoms with Gasteiger partial charge in [0.1, 0.15) is 12.1 Å². The number of rotatable bonds is 7. The molecule has 0 radical (unpaired) electrons. The Labute approximate surface area is 192 Å². The van der Waals surface area contributed by atoms with E-state index in [1.54, 1.807) is 18.4 Å². The molecule has 2 aromatic heterocycles. The number of aryl methyl sites for hydroxylation is 1. The summed E-state index contributed by atoms with van der Waals surface area (Å²) in [4.78, 5) is 13.5. The lowest BCUT2D eigenvalue weighted by Crippen LogP contribution is -2.32. The number of likely N-dealkylation sites (N-methyl/N-ethyl adjacent to an activating group) is 1. The van der Waals surface area contributed by atoms with E-state index in [-0.39, 0.29) is 5.41 Å². The van der Waals surface area contributed by atoms with Crippen LogP contribution in [0.2, 0.25) is 0 Å². The van der Waals surface area contributed by atoms with E-state index in [0.717, 1.165) is 40.9 Å². The average molecular weight is 438 g/mol. The number of nitrogens with one attached hydrogen (secondary N) is 1. The molecule has 0 spiro atoms. The van der Waals surface area contributed by atoms with Crippen molar-refractivity contribution >= 4 is 11.5 Å². The molecule has 1 aliphatic rings. The van der Waals surface area contributed by atoms with Gasteiger partial charge in [-0.25, -0.2) is 15.8 Å². The largest absolute Gasteiger partial charge is 0.395 e. The molecule has 7 heteroatoms. The van der Waals surface area contributed by atoms with Gasteiger partial charge >= 0.3 is 0 Å². The first-order valence-electron chi connectivity index (χ1n) is 11.7. The minimum absolute atomic E-state index is 0.0530. The zero-order valence-corrected chi connectivity index (χ0v) is 20.3. The van der Waals surface area contributed by atoms with Crippen molar-refractivity contribution in [3.05, 3.63) is 52.9 Å². The molecule has 0 amide bonds. The molecule has 2 aromatic rings. The second-order valence-corrected chi connectivity index (χ2v) is 10.0. The number of nitrogens with zero attached hydrogens (tertiary/aromatic N) is 4. The number of hydrogen-bond donors (Lipinski definition) is 3. The quantitative estimate of drug-likeness (QED) is 0.441. The molecule has 3 rings (SSSR count). The molecule has 7 nitrogen and oxygen atoms in total. The third-order valence-corrected chi connectivity index (χ3v) is 6.31. The Bertz CT molecular complexity index is 938. The summed E-state index contributed by atoms with van der Waals surface area (Å²) in [7, 11) is 1.79. The minimum Gasteiger partial charge on any atom is -0.395 e. The highest BCUT2D eigenvalue weighted by Crippen LogP contribution is 2.28. The van der Waals surface area contributed by atoms with E-state index in [1.807, 2.05) is 12.1 Å². The van der Waals surface area contributed by atoms with Crippen LogP contribution in [0.4, 0.5) is 5.82 Å². The molecule has 0 aliphatic heterocycles. The van der Waals surface area contributed by atoms with Crippen molar-refractivity contribution in [2.75, 3.05) is 18.9 Å². The predicted octanol–water partition coefficient (Wildman–Crippen LogP) is 4.15. The monoisotopic (exact) mass is 437 g/mol. The molecule has 5 N–H and O–H groups in total. The van der Waals surface area contributed by atoms with Crippen molar-refractivity contribution in [3.63, 3.8) is 0 Å². The predicted molar refractivity (Wildman–Crippen MR) is 132 cm³/mol. The van der Waals surface area contributed by atoms with Gasteiger partial charge in [-0.1, -0.05) is 58.9 Å². The Balaban J connectivity index is 1.76. The fourth-order valence-electron chi connectivity index (χ4n) is 4.25. The second-order valence-electron chi connectivity index (χ2n) is 10.0. The Hall–Kier alpha value is -2.67. The third kappa shape index (κ3) is 6.19. The van der Waals surface area contributed by atoms with Crippen LogP contribution in [0.3, 0.4) is 0 Å². The van der Waals surface area contributed by atoms with E-state index in [2.05, 4.69) is 49.0 Å². The Morgan fingerprint density at radius 3 is 2.50 bits per heavy atom.